The van der Waals surface area contributed by atoms with Gasteiger partial charge in [0.15, 0.2) is 17.6 Å². The normalized spacial score (nSPS) is 19.5. The fraction of sp³-hybridized carbons (Fsp3) is 0.182. The van der Waals surface area contributed by atoms with Gasteiger partial charge in [-0.25, -0.2) is 14.8 Å². The van der Waals surface area contributed by atoms with Crippen LogP contribution in [0.4, 0.5) is 11.4 Å². The first kappa shape index (κ1) is 27.0. The summed E-state index contributed by atoms with van der Waals surface area (Å²) in [7, 11) is 1.47. The van der Waals surface area contributed by atoms with Gasteiger partial charge in [0.25, 0.3) is 5.91 Å². The number of hydrogen-bond donors (Lipinski definition) is 0. The minimum atomic E-state index is -1.06. The quantitative estimate of drug-likeness (QED) is 0.160. The van der Waals surface area contributed by atoms with Gasteiger partial charge in [-0.3, -0.25) is 14.4 Å². The molecule has 9 heteroatoms. The highest BCUT2D eigenvalue weighted by molar-refractivity contribution is 6.24. The Bertz CT molecular complexity index is 1630. The predicted octanol–water partition coefficient (Wildman–Crippen LogP) is 5.36. The van der Waals surface area contributed by atoms with E-state index in [0.29, 0.717) is 40.6 Å². The van der Waals surface area contributed by atoms with Gasteiger partial charge in [0, 0.05) is 0 Å². The maximum Gasteiger partial charge on any atom is 0.343 e. The van der Waals surface area contributed by atoms with E-state index in [2.05, 4.69) is 0 Å². The fourth-order valence-corrected chi connectivity index (χ4v) is 5.39. The van der Waals surface area contributed by atoms with Gasteiger partial charge in [-0.2, -0.15) is 0 Å². The molecular formula is C33H28N2O7. The largest absolute Gasteiger partial charge is 0.493 e. The molecule has 6 rings (SSSR count). The highest BCUT2D eigenvalue weighted by Crippen LogP contribution is 2.49. The van der Waals surface area contributed by atoms with E-state index >= 15 is 0 Å². The van der Waals surface area contributed by atoms with Crippen molar-refractivity contribution in [3.8, 4) is 17.2 Å². The van der Waals surface area contributed by atoms with Crippen molar-refractivity contribution in [3.63, 3.8) is 0 Å². The Morgan fingerprint density at radius 3 is 2.21 bits per heavy atom. The zero-order valence-electron chi connectivity index (χ0n) is 23.0. The molecule has 0 spiro atoms. The van der Waals surface area contributed by atoms with Crippen molar-refractivity contribution in [2.75, 3.05) is 23.7 Å². The van der Waals surface area contributed by atoms with Crippen molar-refractivity contribution in [1.82, 2.24) is 0 Å². The lowest BCUT2D eigenvalue weighted by atomic mass is 9.90. The van der Waals surface area contributed by atoms with E-state index in [1.165, 1.54) is 7.11 Å². The highest BCUT2D eigenvalue weighted by Gasteiger charge is 2.60. The molecule has 0 aliphatic carbocycles. The third-order valence-corrected chi connectivity index (χ3v) is 7.27. The summed E-state index contributed by atoms with van der Waals surface area (Å²) in [6, 6.07) is 29.2. The topological polar surface area (TPSA) is 94.6 Å². The van der Waals surface area contributed by atoms with Crippen molar-refractivity contribution in [1.29, 1.82) is 0 Å². The maximum atomic E-state index is 14.1. The molecule has 42 heavy (non-hydrogen) atoms. The zero-order chi connectivity index (χ0) is 29.2. The second kappa shape index (κ2) is 11.4. The van der Waals surface area contributed by atoms with Crippen LogP contribution in [0, 0.1) is 5.92 Å². The standard InChI is InChI=1S/C33H28N2O7/c1-3-40-25-17-11-10-16-24(25)34-31(36)28-29(35(42-30(28)32(34)37)23-14-8-5-9-15-23)22-18-19-26(27(20-22)39-2)41-33(38)21-12-6-4-7-13-21/h4-20,28-30H,3H2,1-2H3/t28-,29-,30+/m0/s1. The Hall–Kier alpha value is -5.15. The minimum Gasteiger partial charge on any atom is -0.493 e. The number of fused-ring (bicyclic) bond motifs is 1. The Kier molecular flexibility index (Phi) is 7.33. The lowest BCUT2D eigenvalue weighted by Crippen LogP contribution is -2.37. The van der Waals surface area contributed by atoms with Crippen molar-refractivity contribution >= 4 is 29.2 Å². The third kappa shape index (κ3) is 4.73. The number of hydroxylamine groups is 1. The van der Waals surface area contributed by atoms with E-state index in [-0.39, 0.29) is 5.75 Å². The first-order valence-electron chi connectivity index (χ1n) is 13.6. The minimum absolute atomic E-state index is 0.220. The first-order valence-corrected chi connectivity index (χ1v) is 13.6. The molecule has 0 radical (unpaired) electrons. The van der Waals surface area contributed by atoms with Crippen LogP contribution in [-0.4, -0.2) is 37.6 Å². The van der Waals surface area contributed by atoms with Crippen molar-refractivity contribution in [2.24, 2.45) is 5.92 Å². The van der Waals surface area contributed by atoms with Crippen LogP contribution in [-0.2, 0) is 14.4 Å². The summed E-state index contributed by atoms with van der Waals surface area (Å²) in [5, 5.41) is 1.60. The number of carbonyl (C=O) groups excluding carboxylic acids is 3. The van der Waals surface area contributed by atoms with Crippen molar-refractivity contribution in [2.45, 2.75) is 19.1 Å². The van der Waals surface area contributed by atoms with Gasteiger partial charge in [0.2, 0.25) is 5.91 Å². The molecule has 2 fully saturated rings. The fourth-order valence-electron chi connectivity index (χ4n) is 5.39. The van der Waals surface area contributed by atoms with E-state index in [1.54, 1.807) is 71.8 Å². The molecule has 3 atom stereocenters. The second-order valence-electron chi connectivity index (χ2n) is 9.74. The third-order valence-electron chi connectivity index (χ3n) is 7.27. The van der Waals surface area contributed by atoms with Gasteiger partial charge in [-0.05, 0) is 61.0 Å². The van der Waals surface area contributed by atoms with E-state index in [9.17, 15) is 14.4 Å². The molecule has 4 aromatic carbocycles. The molecule has 0 bridgehead atoms. The number of esters is 1. The zero-order valence-corrected chi connectivity index (χ0v) is 23.0. The Balaban J connectivity index is 1.38. The van der Waals surface area contributed by atoms with Gasteiger partial charge in [-0.1, -0.05) is 54.6 Å². The molecule has 212 valence electrons. The monoisotopic (exact) mass is 564 g/mol. The lowest BCUT2D eigenvalue weighted by molar-refractivity contribution is -0.126. The number of rotatable bonds is 8. The maximum absolute atomic E-state index is 14.1. The number of nitrogens with zero attached hydrogens (tertiary/aromatic N) is 2. The molecule has 2 aliphatic rings. The van der Waals surface area contributed by atoms with Crippen LogP contribution in [0.3, 0.4) is 0 Å². The van der Waals surface area contributed by atoms with Gasteiger partial charge < -0.3 is 14.2 Å². The van der Waals surface area contributed by atoms with E-state index in [0.717, 1.165) is 4.90 Å². The Morgan fingerprint density at radius 1 is 0.810 bits per heavy atom. The van der Waals surface area contributed by atoms with Crippen LogP contribution < -0.4 is 24.2 Å². The Labute approximate surface area is 242 Å². The predicted molar refractivity (Wildman–Crippen MR) is 155 cm³/mol. The summed E-state index contributed by atoms with van der Waals surface area (Å²) in [6.07, 6.45) is -1.06. The summed E-state index contributed by atoms with van der Waals surface area (Å²) in [6.45, 7) is 2.21. The lowest BCUT2D eigenvalue weighted by Gasteiger charge is -2.29. The molecule has 2 saturated heterocycles. The summed E-state index contributed by atoms with van der Waals surface area (Å²) in [4.78, 5) is 48.0. The van der Waals surface area contributed by atoms with E-state index in [1.807, 2.05) is 43.3 Å². The summed E-state index contributed by atoms with van der Waals surface area (Å²) in [5.41, 5.74) is 2.09. The van der Waals surface area contributed by atoms with Crippen LogP contribution in [0.5, 0.6) is 17.2 Å². The number of amides is 2. The molecule has 2 heterocycles. The molecule has 0 N–H and O–H groups in total. The van der Waals surface area contributed by atoms with Gasteiger partial charge in [0.1, 0.15) is 11.7 Å². The summed E-state index contributed by atoms with van der Waals surface area (Å²) >= 11 is 0. The number of imide groups is 1. The number of carbonyl (C=O) groups is 3. The number of ether oxygens (including phenoxy) is 3. The van der Waals surface area contributed by atoms with Crippen LogP contribution in [0.1, 0.15) is 28.9 Å². The van der Waals surface area contributed by atoms with E-state index < -0.39 is 35.8 Å². The molecule has 4 aromatic rings. The molecule has 9 nitrogen and oxygen atoms in total. The average molecular weight is 565 g/mol. The van der Waals surface area contributed by atoms with Gasteiger partial charge in [-0.15, -0.1) is 0 Å². The van der Waals surface area contributed by atoms with Crippen molar-refractivity contribution in [3.05, 3.63) is 114 Å². The van der Waals surface area contributed by atoms with Crippen LogP contribution in [0.15, 0.2) is 103 Å². The molecule has 2 aliphatic heterocycles. The summed E-state index contributed by atoms with van der Waals surface area (Å²) < 4.78 is 17.0. The number of benzene rings is 4. The number of anilines is 2. The molecule has 0 unspecified atom stereocenters. The van der Waals surface area contributed by atoms with Crippen LogP contribution in [0.2, 0.25) is 0 Å². The smallest absolute Gasteiger partial charge is 0.343 e. The second-order valence-corrected chi connectivity index (χ2v) is 9.74. The number of hydrogen-bond acceptors (Lipinski definition) is 8. The molecule has 0 saturated carbocycles. The van der Waals surface area contributed by atoms with Gasteiger partial charge in [0.05, 0.1) is 36.7 Å². The van der Waals surface area contributed by atoms with E-state index in [4.69, 9.17) is 19.0 Å². The number of para-hydroxylation sites is 3. The highest BCUT2D eigenvalue weighted by atomic mass is 16.7. The molecule has 0 aromatic heterocycles. The van der Waals surface area contributed by atoms with Crippen molar-refractivity contribution < 1.29 is 33.4 Å². The van der Waals surface area contributed by atoms with Crippen LogP contribution in [0.25, 0.3) is 0 Å². The average Bonchev–Trinajstić information content (AvgIpc) is 3.54. The van der Waals surface area contributed by atoms with Crippen LogP contribution >= 0.6 is 0 Å². The number of methoxy groups -OCH3 is 1. The first-order chi connectivity index (χ1) is 20.5. The van der Waals surface area contributed by atoms with Gasteiger partial charge >= 0.3 is 5.97 Å². The molecular weight excluding hydrogens is 536 g/mol. The SMILES string of the molecule is CCOc1ccccc1N1C(=O)[C@@H]2[C@@H](ON(c3ccccc3)[C@H]2c2ccc(OC(=O)c3ccccc3)c(OC)c2)C1=O. The molecule has 2 amide bonds. The summed E-state index contributed by atoms with van der Waals surface area (Å²) in [5.74, 6) is -1.32. The Morgan fingerprint density at radius 2 is 1.50 bits per heavy atom.